The Morgan fingerprint density at radius 2 is 1.81 bits per heavy atom. The molecule has 0 heterocycles. The van der Waals surface area contributed by atoms with Crippen molar-refractivity contribution in [1.29, 1.82) is 0 Å². The summed E-state index contributed by atoms with van der Waals surface area (Å²) in [5, 5.41) is 3.55. The molecule has 3 N–H and O–H groups in total. The highest BCUT2D eigenvalue weighted by Gasteiger charge is 2.13. The van der Waals surface area contributed by atoms with Crippen LogP contribution in [-0.2, 0) is 0 Å². The molecule has 0 saturated heterocycles. The number of hydrogen-bond acceptors (Lipinski definition) is 2. The van der Waals surface area contributed by atoms with Gasteiger partial charge in [-0.25, -0.2) is 0 Å². The molecule has 1 aromatic carbocycles. The summed E-state index contributed by atoms with van der Waals surface area (Å²) in [5.74, 6) is 0.724. The number of rotatable bonds is 5. The smallest absolute Gasteiger partial charge is 0.0365 e. The summed E-state index contributed by atoms with van der Waals surface area (Å²) in [6.45, 7) is 8.81. The van der Waals surface area contributed by atoms with E-state index in [1.165, 1.54) is 18.4 Å². The van der Waals surface area contributed by atoms with Crippen molar-refractivity contribution < 1.29 is 0 Å². The fourth-order valence-corrected chi connectivity index (χ4v) is 2.27. The number of hydrogen-bond donors (Lipinski definition) is 2. The molecule has 1 unspecified atom stereocenters. The van der Waals surface area contributed by atoms with Gasteiger partial charge in [-0.1, -0.05) is 26.7 Å². The molecule has 0 bridgehead atoms. The van der Waals surface area contributed by atoms with Crippen molar-refractivity contribution in [2.24, 2.45) is 5.92 Å². The summed E-state index contributed by atoms with van der Waals surface area (Å²) in [5.41, 5.74) is 9.01. The molecule has 1 atom stereocenters. The molecule has 0 fully saturated rings. The fraction of sp³-hybridized carbons (Fsp3) is 0.571. The lowest BCUT2D eigenvalue weighted by Gasteiger charge is -2.24. The van der Waals surface area contributed by atoms with E-state index in [-0.39, 0.29) is 0 Å². The Morgan fingerprint density at radius 3 is 2.31 bits per heavy atom. The van der Waals surface area contributed by atoms with Gasteiger partial charge in [-0.3, -0.25) is 0 Å². The van der Waals surface area contributed by atoms with Crippen molar-refractivity contribution in [3.63, 3.8) is 0 Å². The Hall–Kier alpha value is -1.18. The van der Waals surface area contributed by atoms with E-state index in [1.54, 1.807) is 0 Å². The summed E-state index contributed by atoms with van der Waals surface area (Å²) in [4.78, 5) is 0. The van der Waals surface area contributed by atoms with Crippen molar-refractivity contribution in [1.82, 2.24) is 0 Å². The summed E-state index contributed by atoms with van der Waals surface area (Å²) >= 11 is 0. The van der Waals surface area contributed by atoms with Crippen LogP contribution in [0, 0.1) is 12.8 Å². The van der Waals surface area contributed by atoms with Gasteiger partial charge in [-0.15, -0.1) is 0 Å². The van der Waals surface area contributed by atoms with Crippen LogP contribution in [0.1, 0.15) is 39.2 Å². The highest BCUT2D eigenvalue weighted by molar-refractivity contribution is 5.57. The van der Waals surface area contributed by atoms with Gasteiger partial charge in [0.15, 0.2) is 0 Å². The van der Waals surface area contributed by atoms with Crippen molar-refractivity contribution in [3.05, 3.63) is 23.8 Å². The first-order valence-corrected chi connectivity index (χ1v) is 6.20. The largest absolute Gasteiger partial charge is 0.399 e. The van der Waals surface area contributed by atoms with Crippen LogP contribution in [0.2, 0.25) is 0 Å². The van der Waals surface area contributed by atoms with Crippen LogP contribution < -0.4 is 11.1 Å². The third-order valence-electron chi connectivity index (χ3n) is 3.25. The molecule has 0 aliphatic heterocycles. The van der Waals surface area contributed by atoms with E-state index < -0.39 is 0 Å². The molecule has 0 saturated carbocycles. The van der Waals surface area contributed by atoms with E-state index in [0.717, 1.165) is 17.3 Å². The number of aryl methyl sites for hydroxylation is 1. The zero-order chi connectivity index (χ0) is 12.1. The molecular formula is C14H24N2. The molecule has 0 aliphatic carbocycles. The number of anilines is 2. The lowest BCUT2D eigenvalue weighted by Crippen LogP contribution is -2.25. The maximum absolute atomic E-state index is 5.84. The molecule has 1 rings (SSSR count). The molecule has 0 spiro atoms. The van der Waals surface area contributed by atoms with Crippen LogP contribution in [0.5, 0.6) is 0 Å². The highest BCUT2D eigenvalue weighted by atomic mass is 14.9. The monoisotopic (exact) mass is 220 g/mol. The van der Waals surface area contributed by atoms with Gasteiger partial charge < -0.3 is 11.1 Å². The van der Waals surface area contributed by atoms with Crippen LogP contribution in [-0.4, -0.2) is 6.04 Å². The molecule has 0 aliphatic rings. The van der Waals surface area contributed by atoms with E-state index in [2.05, 4.69) is 39.1 Å². The van der Waals surface area contributed by atoms with Gasteiger partial charge in [0.2, 0.25) is 0 Å². The van der Waals surface area contributed by atoms with Crippen LogP contribution >= 0.6 is 0 Å². The van der Waals surface area contributed by atoms with Crippen molar-refractivity contribution in [3.8, 4) is 0 Å². The molecule has 0 amide bonds. The summed E-state index contributed by atoms with van der Waals surface area (Å²) in [7, 11) is 0. The average molecular weight is 220 g/mol. The van der Waals surface area contributed by atoms with Gasteiger partial charge >= 0.3 is 0 Å². The molecule has 1 aromatic rings. The fourth-order valence-electron chi connectivity index (χ4n) is 2.27. The predicted octanol–water partition coefficient (Wildman–Crippen LogP) is 3.81. The van der Waals surface area contributed by atoms with Crippen LogP contribution in [0.4, 0.5) is 11.4 Å². The number of nitrogen functional groups attached to an aromatic ring is 1. The lowest BCUT2D eigenvalue weighted by molar-refractivity contribution is 0.438. The van der Waals surface area contributed by atoms with Gasteiger partial charge in [-0.2, -0.15) is 0 Å². The van der Waals surface area contributed by atoms with E-state index in [4.69, 9.17) is 5.73 Å². The van der Waals surface area contributed by atoms with Gasteiger partial charge in [0.25, 0.3) is 0 Å². The van der Waals surface area contributed by atoms with E-state index in [1.807, 2.05) is 12.1 Å². The minimum Gasteiger partial charge on any atom is -0.399 e. The maximum Gasteiger partial charge on any atom is 0.0365 e. The van der Waals surface area contributed by atoms with Crippen LogP contribution in [0.15, 0.2) is 18.2 Å². The third kappa shape index (κ3) is 3.44. The molecule has 0 aromatic heterocycles. The van der Waals surface area contributed by atoms with Crippen LogP contribution in [0.25, 0.3) is 0 Å². The quantitative estimate of drug-likeness (QED) is 0.740. The van der Waals surface area contributed by atoms with E-state index >= 15 is 0 Å². The molecule has 2 nitrogen and oxygen atoms in total. The maximum atomic E-state index is 5.84. The topological polar surface area (TPSA) is 38.0 Å². The predicted molar refractivity (Wildman–Crippen MR) is 72.7 cm³/mol. The lowest BCUT2D eigenvalue weighted by atomic mass is 9.95. The van der Waals surface area contributed by atoms with E-state index in [0.29, 0.717) is 6.04 Å². The second-order valence-corrected chi connectivity index (χ2v) is 4.64. The summed E-state index contributed by atoms with van der Waals surface area (Å²) in [6, 6.07) is 6.64. The van der Waals surface area contributed by atoms with Crippen molar-refractivity contribution >= 4 is 11.4 Å². The molecule has 90 valence electrons. The third-order valence-corrected chi connectivity index (χ3v) is 3.25. The SMILES string of the molecule is CCC(CC)C(C)Nc1cc(C)cc(N)c1. The minimum atomic E-state index is 0.496. The Labute approximate surface area is 99.2 Å². The Kier molecular flexibility index (Phi) is 4.66. The molecule has 2 heteroatoms. The Bertz CT molecular complexity index is 309. The number of nitrogens with two attached hydrogens (primary N) is 1. The first kappa shape index (κ1) is 12.9. The second-order valence-electron chi connectivity index (χ2n) is 4.64. The van der Waals surface area contributed by atoms with Crippen LogP contribution in [0.3, 0.4) is 0 Å². The Morgan fingerprint density at radius 1 is 1.19 bits per heavy atom. The highest BCUT2D eigenvalue weighted by Crippen LogP contribution is 2.21. The van der Waals surface area contributed by atoms with Gasteiger partial charge in [-0.05, 0) is 43.5 Å². The van der Waals surface area contributed by atoms with Gasteiger partial charge in [0.1, 0.15) is 0 Å². The standard InChI is InChI=1S/C14H24N2/c1-5-12(6-2)11(4)16-14-8-10(3)7-13(15)9-14/h7-9,11-12,16H,5-6,15H2,1-4H3. The second kappa shape index (κ2) is 5.78. The zero-order valence-electron chi connectivity index (χ0n) is 10.9. The van der Waals surface area contributed by atoms with Gasteiger partial charge in [0, 0.05) is 17.4 Å². The number of nitrogens with one attached hydrogen (secondary N) is 1. The van der Waals surface area contributed by atoms with Gasteiger partial charge in [0.05, 0.1) is 0 Å². The molecular weight excluding hydrogens is 196 g/mol. The Balaban J connectivity index is 2.72. The number of benzene rings is 1. The van der Waals surface area contributed by atoms with Crippen molar-refractivity contribution in [2.75, 3.05) is 11.1 Å². The first-order valence-electron chi connectivity index (χ1n) is 6.20. The average Bonchev–Trinajstić information content (AvgIpc) is 2.17. The summed E-state index contributed by atoms with van der Waals surface area (Å²) < 4.78 is 0. The first-order chi connectivity index (χ1) is 7.56. The normalized spacial score (nSPS) is 12.8. The molecule has 16 heavy (non-hydrogen) atoms. The minimum absolute atomic E-state index is 0.496. The van der Waals surface area contributed by atoms with Crippen molar-refractivity contribution in [2.45, 2.75) is 46.6 Å². The molecule has 0 radical (unpaired) electrons. The zero-order valence-corrected chi connectivity index (χ0v) is 10.9. The summed E-state index contributed by atoms with van der Waals surface area (Å²) in [6.07, 6.45) is 2.43. The van der Waals surface area contributed by atoms with E-state index in [9.17, 15) is 0 Å².